The van der Waals surface area contributed by atoms with Crippen LogP contribution >= 0.6 is 0 Å². The number of para-hydroxylation sites is 1. The summed E-state index contributed by atoms with van der Waals surface area (Å²) in [5.74, 6) is 0.734. The molecule has 1 aromatic carbocycles. The highest BCUT2D eigenvalue weighted by Gasteiger charge is 2.23. The molecule has 3 rings (SSSR count). The van der Waals surface area contributed by atoms with E-state index in [-0.39, 0.29) is 11.9 Å². The maximum Gasteiger partial charge on any atom is 0.151 e. The van der Waals surface area contributed by atoms with Gasteiger partial charge in [-0.25, -0.2) is 9.37 Å². The number of hydrogen-bond acceptors (Lipinski definition) is 3. The van der Waals surface area contributed by atoms with E-state index in [1.807, 2.05) is 6.07 Å². The van der Waals surface area contributed by atoms with Crippen molar-refractivity contribution >= 4 is 11.0 Å². The average molecular weight is 276 g/mol. The molecule has 1 atom stereocenters. The monoisotopic (exact) mass is 276 g/mol. The van der Waals surface area contributed by atoms with E-state index in [1.54, 1.807) is 6.07 Å². The highest BCUT2D eigenvalue weighted by Crippen LogP contribution is 2.26. The number of fused-ring (bicyclic) bond motifs is 1. The van der Waals surface area contributed by atoms with E-state index in [4.69, 9.17) is 0 Å². The summed E-state index contributed by atoms with van der Waals surface area (Å²) >= 11 is 0. The van der Waals surface area contributed by atoms with Crippen molar-refractivity contribution in [2.24, 2.45) is 0 Å². The molecule has 0 radical (unpaired) electrons. The minimum Gasteiger partial charge on any atom is -0.327 e. The minimum atomic E-state index is -0.233. The van der Waals surface area contributed by atoms with Crippen molar-refractivity contribution in [3.63, 3.8) is 0 Å². The lowest BCUT2D eigenvalue weighted by molar-refractivity contribution is 0.176. The highest BCUT2D eigenvalue weighted by atomic mass is 19.1. The summed E-state index contributed by atoms with van der Waals surface area (Å²) in [4.78, 5) is 6.99. The molecule has 1 saturated heterocycles. The van der Waals surface area contributed by atoms with Crippen LogP contribution in [-0.4, -0.2) is 40.6 Å². The number of imidazole rings is 1. The van der Waals surface area contributed by atoms with Crippen LogP contribution in [0.15, 0.2) is 18.2 Å². The van der Waals surface area contributed by atoms with Gasteiger partial charge in [-0.2, -0.15) is 0 Å². The van der Waals surface area contributed by atoms with Crippen molar-refractivity contribution in [2.75, 3.05) is 26.2 Å². The number of nitrogens with zero attached hydrogens (tertiary/aromatic N) is 3. The van der Waals surface area contributed by atoms with Gasteiger partial charge in [-0.15, -0.1) is 0 Å². The Morgan fingerprint density at radius 2 is 2.10 bits per heavy atom. The normalized spacial score (nSPS) is 18.6. The van der Waals surface area contributed by atoms with Gasteiger partial charge in [0.2, 0.25) is 0 Å². The van der Waals surface area contributed by atoms with Gasteiger partial charge < -0.3 is 9.88 Å². The fraction of sp³-hybridized carbons (Fsp3) is 0.533. The van der Waals surface area contributed by atoms with Crippen LogP contribution in [0.3, 0.4) is 0 Å². The van der Waals surface area contributed by atoms with E-state index in [0.717, 1.165) is 44.1 Å². The first-order valence-corrected chi connectivity index (χ1v) is 7.31. The standard InChI is InChI=1S/C15H21FN4/c1-3-20-13-6-4-5-12(16)14(13)18-15(20)11(2)19-9-7-17-8-10-19/h4-6,11,17H,3,7-10H2,1-2H3. The zero-order chi connectivity index (χ0) is 14.1. The molecule has 1 fully saturated rings. The maximum absolute atomic E-state index is 13.9. The summed E-state index contributed by atoms with van der Waals surface area (Å²) in [6.45, 7) is 9.09. The maximum atomic E-state index is 13.9. The third-order valence-electron chi connectivity index (χ3n) is 4.15. The fourth-order valence-corrected chi connectivity index (χ4v) is 3.01. The predicted octanol–water partition coefficient (Wildman–Crippen LogP) is 2.16. The van der Waals surface area contributed by atoms with Gasteiger partial charge >= 0.3 is 0 Å². The van der Waals surface area contributed by atoms with Gasteiger partial charge in [-0.1, -0.05) is 6.07 Å². The average Bonchev–Trinajstić information content (AvgIpc) is 2.87. The Morgan fingerprint density at radius 3 is 2.80 bits per heavy atom. The lowest BCUT2D eigenvalue weighted by Crippen LogP contribution is -2.45. The zero-order valence-corrected chi connectivity index (χ0v) is 12.1. The molecule has 4 nitrogen and oxygen atoms in total. The molecule has 1 aliphatic heterocycles. The molecule has 0 spiro atoms. The molecule has 0 bridgehead atoms. The SMILES string of the molecule is CCn1c(C(C)N2CCNCC2)nc2c(F)cccc21. The second kappa shape index (κ2) is 5.50. The molecular formula is C15H21FN4. The smallest absolute Gasteiger partial charge is 0.151 e. The number of nitrogens with one attached hydrogen (secondary N) is 1. The van der Waals surface area contributed by atoms with Crippen LogP contribution in [-0.2, 0) is 6.54 Å². The number of benzene rings is 1. The van der Waals surface area contributed by atoms with Gasteiger partial charge in [-0.3, -0.25) is 4.90 Å². The van der Waals surface area contributed by atoms with Gasteiger partial charge in [-0.05, 0) is 26.0 Å². The number of halogens is 1. The Kier molecular flexibility index (Phi) is 3.72. The van der Waals surface area contributed by atoms with Crippen LogP contribution in [0.2, 0.25) is 0 Å². The molecule has 2 heterocycles. The summed E-state index contributed by atoms with van der Waals surface area (Å²) in [5, 5.41) is 3.36. The van der Waals surface area contributed by atoms with E-state index in [2.05, 4.69) is 33.6 Å². The first-order valence-electron chi connectivity index (χ1n) is 7.31. The summed E-state index contributed by atoms with van der Waals surface area (Å²) in [5.41, 5.74) is 1.39. The Hall–Kier alpha value is -1.46. The summed E-state index contributed by atoms with van der Waals surface area (Å²) in [7, 11) is 0. The van der Waals surface area contributed by atoms with Crippen molar-refractivity contribution in [2.45, 2.75) is 26.4 Å². The Morgan fingerprint density at radius 1 is 1.35 bits per heavy atom. The van der Waals surface area contributed by atoms with E-state index in [9.17, 15) is 4.39 Å². The summed E-state index contributed by atoms with van der Waals surface area (Å²) in [6.07, 6.45) is 0. The number of piperazine rings is 1. The van der Waals surface area contributed by atoms with Crippen LogP contribution < -0.4 is 5.32 Å². The van der Waals surface area contributed by atoms with Crippen LogP contribution in [0.25, 0.3) is 11.0 Å². The number of rotatable bonds is 3. The van der Waals surface area contributed by atoms with Gasteiger partial charge in [0.1, 0.15) is 11.3 Å². The van der Waals surface area contributed by atoms with Gasteiger partial charge in [0.15, 0.2) is 5.82 Å². The van der Waals surface area contributed by atoms with Crippen molar-refractivity contribution in [3.8, 4) is 0 Å². The summed E-state index contributed by atoms with van der Waals surface area (Å²) in [6, 6.07) is 5.39. The topological polar surface area (TPSA) is 33.1 Å². The molecule has 108 valence electrons. The molecule has 20 heavy (non-hydrogen) atoms. The molecule has 0 saturated carbocycles. The van der Waals surface area contributed by atoms with Crippen molar-refractivity contribution in [3.05, 3.63) is 29.8 Å². The number of aromatic nitrogens is 2. The van der Waals surface area contributed by atoms with E-state index in [0.29, 0.717) is 5.52 Å². The Balaban J connectivity index is 2.03. The first-order chi connectivity index (χ1) is 9.72. The van der Waals surface area contributed by atoms with Crippen molar-refractivity contribution in [1.29, 1.82) is 0 Å². The molecule has 1 unspecified atom stereocenters. The van der Waals surface area contributed by atoms with Gasteiger partial charge in [0, 0.05) is 32.7 Å². The molecule has 1 N–H and O–H groups in total. The third kappa shape index (κ3) is 2.21. The Labute approximate surface area is 118 Å². The molecule has 0 aliphatic carbocycles. The van der Waals surface area contributed by atoms with E-state index >= 15 is 0 Å². The lowest BCUT2D eigenvalue weighted by Gasteiger charge is -2.32. The second-order valence-electron chi connectivity index (χ2n) is 5.28. The number of aryl methyl sites for hydroxylation is 1. The minimum absolute atomic E-state index is 0.212. The predicted molar refractivity (Wildman–Crippen MR) is 78.2 cm³/mol. The molecule has 1 aromatic heterocycles. The quantitative estimate of drug-likeness (QED) is 0.932. The fourth-order valence-electron chi connectivity index (χ4n) is 3.01. The lowest BCUT2D eigenvalue weighted by atomic mass is 10.2. The van der Waals surface area contributed by atoms with Crippen LogP contribution in [0.5, 0.6) is 0 Å². The van der Waals surface area contributed by atoms with E-state index in [1.165, 1.54) is 6.07 Å². The molecule has 2 aromatic rings. The largest absolute Gasteiger partial charge is 0.327 e. The third-order valence-corrected chi connectivity index (χ3v) is 4.15. The van der Waals surface area contributed by atoms with Crippen LogP contribution in [0.4, 0.5) is 4.39 Å². The summed E-state index contributed by atoms with van der Waals surface area (Å²) < 4.78 is 16.1. The first kappa shape index (κ1) is 13.5. The van der Waals surface area contributed by atoms with Gasteiger partial charge in [0.25, 0.3) is 0 Å². The molecular weight excluding hydrogens is 255 g/mol. The van der Waals surface area contributed by atoms with Crippen LogP contribution in [0.1, 0.15) is 25.7 Å². The van der Waals surface area contributed by atoms with Crippen LogP contribution in [0, 0.1) is 5.82 Å². The second-order valence-corrected chi connectivity index (χ2v) is 5.28. The van der Waals surface area contributed by atoms with Crippen molar-refractivity contribution in [1.82, 2.24) is 19.8 Å². The zero-order valence-electron chi connectivity index (χ0n) is 12.1. The van der Waals surface area contributed by atoms with Gasteiger partial charge in [0.05, 0.1) is 11.6 Å². The van der Waals surface area contributed by atoms with E-state index < -0.39 is 0 Å². The molecule has 5 heteroatoms. The van der Waals surface area contributed by atoms with Crippen molar-refractivity contribution < 1.29 is 4.39 Å². The number of hydrogen-bond donors (Lipinski definition) is 1. The molecule has 1 aliphatic rings. The Bertz CT molecular complexity index is 601. The highest BCUT2D eigenvalue weighted by molar-refractivity contribution is 5.76. The molecule has 0 amide bonds.